The van der Waals surface area contributed by atoms with Gasteiger partial charge in [-0.25, -0.2) is 9.59 Å². The molecule has 0 fully saturated rings. The first-order valence-corrected chi connectivity index (χ1v) is 9.31. The van der Waals surface area contributed by atoms with E-state index in [2.05, 4.69) is 5.32 Å². The molecule has 1 rings (SSSR count). The molecule has 0 aliphatic carbocycles. The van der Waals surface area contributed by atoms with Crippen LogP contribution in [-0.2, 0) is 16.1 Å². The number of carbonyl (C=O) groups is 2. The number of hydrogen-bond acceptors (Lipinski definition) is 5. The molecular formula is C20H32N2O5. The predicted molar refractivity (Wildman–Crippen MR) is 103 cm³/mol. The Kier molecular flexibility index (Phi) is 9.64. The fraction of sp³-hybridized carbons (Fsp3) is 0.600. The van der Waals surface area contributed by atoms with Gasteiger partial charge in [-0.15, -0.1) is 0 Å². The van der Waals surface area contributed by atoms with E-state index in [1.54, 1.807) is 20.8 Å². The zero-order valence-electron chi connectivity index (χ0n) is 16.7. The molecule has 0 aromatic heterocycles. The number of aliphatic hydroxyl groups is 1. The maximum atomic E-state index is 12.4. The number of benzene rings is 1. The summed E-state index contributed by atoms with van der Waals surface area (Å²) < 4.78 is 10.7. The number of amides is 2. The first-order valence-electron chi connectivity index (χ1n) is 9.31. The SMILES string of the molecule is CCC(CN(CCCO)C(=O)OC(C)(C)C)NC(=O)OCc1ccccc1. The monoisotopic (exact) mass is 380 g/mol. The lowest BCUT2D eigenvalue weighted by atomic mass is 10.2. The van der Waals surface area contributed by atoms with Crippen LogP contribution < -0.4 is 5.32 Å². The molecule has 27 heavy (non-hydrogen) atoms. The highest BCUT2D eigenvalue weighted by atomic mass is 16.6. The smallest absolute Gasteiger partial charge is 0.410 e. The Morgan fingerprint density at radius 2 is 1.89 bits per heavy atom. The second-order valence-electron chi connectivity index (χ2n) is 7.31. The zero-order valence-corrected chi connectivity index (χ0v) is 16.7. The van der Waals surface area contributed by atoms with Gasteiger partial charge >= 0.3 is 12.2 Å². The summed E-state index contributed by atoms with van der Waals surface area (Å²) in [7, 11) is 0. The summed E-state index contributed by atoms with van der Waals surface area (Å²) in [6, 6.07) is 9.14. The summed E-state index contributed by atoms with van der Waals surface area (Å²) in [5.41, 5.74) is 0.289. The van der Waals surface area contributed by atoms with Gasteiger partial charge in [0.15, 0.2) is 0 Å². The van der Waals surface area contributed by atoms with Gasteiger partial charge in [0.05, 0.1) is 0 Å². The fourth-order valence-electron chi connectivity index (χ4n) is 2.32. The van der Waals surface area contributed by atoms with Gasteiger partial charge in [-0.1, -0.05) is 37.3 Å². The predicted octanol–water partition coefficient (Wildman–Crippen LogP) is 3.31. The molecule has 0 heterocycles. The minimum absolute atomic E-state index is 0.0252. The molecule has 0 spiro atoms. The minimum atomic E-state index is -0.613. The summed E-state index contributed by atoms with van der Waals surface area (Å²) in [5.74, 6) is 0. The van der Waals surface area contributed by atoms with Crippen LogP contribution in [0.25, 0.3) is 0 Å². The highest BCUT2D eigenvalue weighted by Crippen LogP contribution is 2.11. The standard InChI is InChI=1S/C20H32N2O5/c1-5-17(21-18(24)26-15-16-10-7-6-8-11-16)14-22(12-9-13-23)19(25)27-20(2,3)4/h6-8,10-11,17,23H,5,9,12-15H2,1-4H3,(H,21,24). The summed E-state index contributed by atoms with van der Waals surface area (Å²) >= 11 is 0. The lowest BCUT2D eigenvalue weighted by Crippen LogP contribution is -2.47. The van der Waals surface area contributed by atoms with Crippen molar-refractivity contribution in [1.29, 1.82) is 0 Å². The first kappa shape index (κ1) is 22.8. The van der Waals surface area contributed by atoms with Crippen molar-refractivity contribution in [2.24, 2.45) is 0 Å². The molecule has 1 atom stereocenters. The van der Waals surface area contributed by atoms with Gasteiger partial charge in [0, 0.05) is 25.7 Å². The number of alkyl carbamates (subject to hydrolysis) is 1. The Balaban J connectivity index is 2.59. The molecule has 0 aliphatic heterocycles. The summed E-state index contributed by atoms with van der Waals surface area (Å²) in [4.78, 5) is 26.0. The van der Waals surface area contributed by atoms with Crippen LogP contribution in [0.2, 0.25) is 0 Å². The number of aliphatic hydroxyl groups excluding tert-OH is 1. The molecule has 0 saturated carbocycles. The van der Waals surface area contributed by atoms with Crippen molar-refractivity contribution in [3.8, 4) is 0 Å². The van der Waals surface area contributed by atoms with E-state index >= 15 is 0 Å². The average Bonchev–Trinajstić information content (AvgIpc) is 2.61. The van der Waals surface area contributed by atoms with E-state index in [-0.39, 0.29) is 25.8 Å². The van der Waals surface area contributed by atoms with Crippen molar-refractivity contribution in [2.45, 2.75) is 58.8 Å². The summed E-state index contributed by atoms with van der Waals surface area (Å²) in [6.45, 7) is 8.10. The van der Waals surface area contributed by atoms with Crippen molar-refractivity contribution in [3.05, 3.63) is 35.9 Å². The molecule has 152 valence electrons. The summed E-state index contributed by atoms with van der Waals surface area (Å²) in [5, 5.41) is 11.9. The van der Waals surface area contributed by atoms with E-state index in [0.717, 1.165) is 5.56 Å². The molecule has 0 radical (unpaired) electrons. The topological polar surface area (TPSA) is 88.1 Å². The van der Waals surface area contributed by atoms with Gasteiger partial charge in [0.25, 0.3) is 0 Å². The molecule has 0 saturated heterocycles. The normalized spacial score (nSPS) is 12.2. The maximum Gasteiger partial charge on any atom is 0.410 e. The van der Waals surface area contributed by atoms with Gasteiger partial charge in [-0.2, -0.15) is 0 Å². The molecular weight excluding hydrogens is 348 g/mol. The van der Waals surface area contributed by atoms with Gasteiger partial charge in [-0.05, 0) is 39.2 Å². The van der Waals surface area contributed by atoms with E-state index < -0.39 is 17.8 Å². The quantitative estimate of drug-likeness (QED) is 0.686. The van der Waals surface area contributed by atoms with Crippen LogP contribution in [0.4, 0.5) is 9.59 Å². The van der Waals surface area contributed by atoms with E-state index in [4.69, 9.17) is 14.6 Å². The van der Waals surface area contributed by atoms with Gasteiger partial charge < -0.3 is 24.8 Å². The second kappa shape index (κ2) is 11.4. The van der Waals surface area contributed by atoms with Gasteiger partial charge in [0.2, 0.25) is 0 Å². The highest BCUT2D eigenvalue weighted by Gasteiger charge is 2.24. The van der Waals surface area contributed by atoms with Crippen molar-refractivity contribution >= 4 is 12.2 Å². The Hall–Kier alpha value is -2.28. The van der Waals surface area contributed by atoms with Crippen LogP contribution in [0.15, 0.2) is 30.3 Å². The highest BCUT2D eigenvalue weighted by molar-refractivity contribution is 5.69. The third-order valence-corrected chi connectivity index (χ3v) is 3.71. The molecule has 7 nitrogen and oxygen atoms in total. The van der Waals surface area contributed by atoms with Gasteiger partial charge in [0.1, 0.15) is 12.2 Å². The number of hydrogen-bond donors (Lipinski definition) is 2. The molecule has 1 unspecified atom stereocenters. The zero-order chi connectivity index (χ0) is 20.3. The Bertz CT molecular complexity index is 571. The molecule has 0 bridgehead atoms. The van der Waals surface area contributed by atoms with Crippen LogP contribution in [0.1, 0.15) is 46.1 Å². The molecule has 7 heteroatoms. The average molecular weight is 380 g/mol. The number of ether oxygens (including phenoxy) is 2. The molecule has 2 amide bonds. The number of nitrogens with one attached hydrogen (secondary N) is 1. The molecule has 0 aliphatic rings. The number of rotatable bonds is 9. The van der Waals surface area contributed by atoms with E-state index in [0.29, 0.717) is 19.4 Å². The Labute approximate surface area is 161 Å². The van der Waals surface area contributed by atoms with Crippen LogP contribution in [0.3, 0.4) is 0 Å². The summed E-state index contributed by atoms with van der Waals surface area (Å²) in [6.07, 6.45) is 0.0679. The number of carbonyl (C=O) groups excluding carboxylic acids is 2. The number of nitrogens with zero attached hydrogens (tertiary/aromatic N) is 1. The van der Waals surface area contributed by atoms with Crippen LogP contribution in [-0.4, -0.2) is 53.5 Å². The van der Waals surface area contributed by atoms with E-state index in [1.165, 1.54) is 4.90 Å². The fourth-order valence-corrected chi connectivity index (χ4v) is 2.32. The molecule has 1 aromatic rings. The Morgan fingerprint density at radius 3 is 2.44 bits per heavy atom. The van der Waals surface area contributed by atoms with Crippen molar-refractivity contribution < 1.29 is 24.2 Å². The van der Waals surface area contributed by atoms with Gasteiger partial charge in [-0.3, -0.25) is 0 Å². The largest absolute Gasteiger partial charge is 0.445 e. The van der Waals surface area contributed by atoms with Crippen molar-refractivity contribution in [2.75, 3.05) is 19.7 Å². The first-order chi connectivity index (χ1) is 12.7. The van der Waals surface area contributed by atoms with Crippen LogP contribution in [0, 0.1) is 0 Å². The van der Waals surface area contributed by atoms with Crippen molar-refractivity contribution in [3.63, 3.8) is 0 Å². The molecule has 1 aromatic carbocycles. The second-order valence-corrected chi connectivity index (χ2v) is 7.31. The van der Waals surface area contributed by atoms with E-state index in [1.807, 2.05) is 37.3 Å². The third kappa shape index (κ3) is 9.84. The Morgan fingerprint density at radius 1 is 1.22 bits per heavy atom. The lowest BCUT2D eigenvalue weighted by molar-refractivity contribution is 0.0218. The van der Waals surface area contributed by atoms with Crippen LogP contribution in [0.5, 0.6) is 0 Å². The lowest BCUT2D eigenvalue weighted by Gasteiger charge is -2.30. The molecule has 2 N–H and O–H groups in total. The maximum absolute atomic E-state index is 12.4. The van der Waals surface area contributed by atoms with Crippen LogP contribution >= 0.6 is 0 Å². The minimum Gasteiger partial charge on any atom is -0.445 e. The van der Waals surface area contributed by atoms with Crippen molar-refractivity contribution in [1.82, 2.24) is 10.2 Å². The third-order valence-electron chi connectivity index (χ3n) is 3.71. The van der Waals surface area contributed by atoms with E-state index in [9.17, 15) is 9.59 Å².